The Morgan fingerprint density at radius 3 is 2.71 bits per heavy atom. The molecular formula is C24H27N5O2. The van der Waals surface area contributed by atoms with E-state index in [1.807, 2.05) is 43.4 Å². The van der Waals surface area contributed by atoms with Crippen molar-refractivity contribution in [2.45, 2.75) is 6.42 Å². The summed E-state index contributed by atoms with van der Waals surface area (Å²) < 4.78 is 5.45. The van der Waals surface area contributed by atoms with E-state index in [0.29, 0.717) is 18.3 Å². The number of hydrogen-bond donors (Lipinski definition) is 1. The fourth-order valence-corrected chi connectivity index (χ4v) is 4.68. The van der Waals surface area contributed by atoms with Crippen LogP contribution in [0, 0.1) is 11.8 Å². The van der Waals surface area contributed by atoms with Gasteiger partial charge < -0.3 is 19.9 Å². The molecule has 0 bridgehead atoms. The lowest BCUT2D eigenvalue weighted by Gasteiger charge is -2.23. The third kappa shape index (κ3) is 3.65. The number of rotatable bonds is 4. The van der Waals surface area contributed by atoms with Gasteiger partial charge in [-0.1, -0.05) is 0 Å². The van der Waals surface area contributed by atoms with Crippen LogP contribution in [0.25, 0.3) is 22.2 Å². The average molecular weight is 418 g/mol. The van der Waals surface area contributed by atoms with Gasteiger partial charge in [-0.15, -0.1) is 0 Å². The second kappa shape index (κ2) is 7.72. The molecule has 1 amide bonds. The first-order valence-electron chi connectivity index (χ1n) is 10.7. The van der Waals surface area contributed by atoms with Gasteiger partial charge in [0.2, 0.25) is 5.91 Å². The van der Waals surface area contributed by atoms with Crippen LogP contribution in [0.15, 0.2) is 42.6 Å². The maximum Gasteiger partial charge on any atom is 0.220 e. The lowest BCUT2D eigenvalue weighted by Crippen LogP contribution is -2.39. The van der Waals surface area contributed by atoms with E-state index in [9.17, 15) is 4.79 Å². The molecule has 7 nitrogen and oxygen atoms in total. The van der Waals surface area contributed by atoms with Crippen LogP contribution in [0.3, 0.4) is 0 Å². The minimum Gasteiger partial charge on any atom is -0.497 e. The molecule has 2 aliphatic rings. The van der Waals surface area contributed by atoms with Crippen molar-refractivity contribution in [1.82, 2.24) is 15.3 Å². The predicted molar refractivity (Wildman–Crippen MR) is 123 cm³/mol. The smallest absolute Gasteiger partial charge is 0.220 e. The van der Waals surface area contributed by atoms with Gasteiger partial charge in [-0.05, 0) is 42.2 Å². The molecule has 0 aliphatic carbocycles. The highest BCUT2D eigenvalue weighted by Gasteiger charge is 2.37. The number of nitrogens with one attached hydrogen (secondary N) is 1. The highest BCUT2D eigenvalue weighted by Crippen LogP contribution is 2.38. The van der Waals surface area contributed by atoms with Crippen molar-refractivity contribution in [3.05, 3.63) is 42.6 Å². The van der Waals surface area contributed by atoms with Crippen LogP contribution < -0.4 is 19.9 Å². The summed E-state index contributed by atoms with van der Waals surface area (Å²) in [7, 11) is 5.63. The highest BCUT2D eigenvalue weighted by atomic mass is 16.5. The molecule has 1 N–H and O–H groups in total. The van der Waals surface area contributed by atoms with E-state index in [0.717, 1.165) is 59.0 Å². The van der Waals surface area contributed by atoms with Crippen molar-refractivity contribution in [3.63, 3.8) is 0 Å². The van der Waals surface area contributed by atoms with Gasteiger partial charge >= 0.3 is 0 Å². The summed E-state index contributed by atoms with van der Waals surface area (Å²) in [5, 5.41) is 4.12. The second-order valence-corrected chi connectivity index (χ2v) is 8.64. The van der Waals surface area contributed by atoms with E-state index >= 15 is 0 Å². The summed E-state index contributed by atoms with van der Waals surface area (Å²) in [5.41, 5.74) is 3.91. The minimum atomic E-state index is 0.167. The normalized spacial score (nSPS) is 20.5. The predicted octanol–water partition coefficient (Wildman–Crippen LogP) is 2.94. The van der Waals surface area contributed by atoms with Gasteiger partial charge in [-0.2, -0.15) is 0 Å². The van der Waals surface area contributed by atoms with Crippen LogP contribution in [0.1, 0.15) is 6.42 Å². The van der Waals surface area contributed by atoms with E-state index in [-0.39, 0.29) is 5.91 Å². The number of carbonyl (C=O) groups excluding carboxylic acids is 1. The molecule has 2 atom stereocenters. The number of aromatic nitrogens is 2. The first kappa shape index (κ1) is 19.6. The molecule has 7 heteroatoms. The third-order valence-corrected chi connectivity index (χ3v) is 6.42. The summed E-state index contributed by atoms with van der Waals surface area (Å²) in [6.45, 7) is 2.59. The zero-order valence-corrected chi connectivity index (χ0v) is 18.1. The Balaban J connectivity index is 1.58. The third-order valence-electron chi connectivity index (χ3n) is 6.42. The molecule has 0 radical (unpaired) electrons. The van der Waals surface area contributed by atoms with E-state index in [2.05, 4.69) is 33.4 Å². The molecule has 3 aromatic rings. The minimum absolute atomic E-state index is 0.167. The van der Waals surface area contributed by atoms with Gasteiger partial charge in [-0.25, -0.2) is 9.97 Å². The van der Waals surface area contributed by atoms with Crippen molar-refractivity contribution in [2.24, 2.45) is 11.8 Å². The van der Waals surface area contributed by atoms with E-state index in [1.165, 1.54) is 0 Å². The number of amides is 1. The fraction of sp³-hybridized carbons (Fsp3) is 0.375. The summed E-state index contributed by atoms with van der Waals surface area (Å²) in [4.78, 5) is 25.8. The Morgan fingerprint density at radius 2 is 1.97 bits per heavy atom. The van der Waals surface area contributed by atoms with Crippen molar-refractivity contribution >= 4 is 28.3 Å². The largest absolute Gasteiger partial charge is 0.497 e. The molecule has 0 spiro atoms. The monoisotopic (exact) mass is 417 g/mol. The Kier molecular flexibility index (Phi) is 4.88. The number of methoxy groups -OCH3 is 1. The van der Waals surface area contributed by atoms with Crippen LogP contribution >= 0.6 is 0 Å². The molecule has 5 rings (SSSR count). The Labute approximate surface area is 182 Å². The van der Waals surface area contributed by atoms with E-state index < -0.39 is 0 Å². The Bertz CT molecular complexity index is 1130. The number of fused-ring (bicyclic) bond motifs is 2. The van der Waals surface area contributed by atoms with Crippen LogP contribution in [0.2, 0.25) is 0 Å². The van der Waals surface area contributed by atoms with Gasteiger partial charge in [0, 0.05) is 69.1 Å². The van der Waals surface area contributed by atoms with E-state index in [1.54, 1.807) is 7.11 Å². The molecule has 2 aromatic heterocycles. The molecule has 0 saturated carbocycles. The fourth-order valence-electron chi connectivity index (χ4n) is 4.68. The summed E-state index contributed by atoms with van der Waals surface area (Å²) in [6, 6.07) is 12.3. The molecule has 2 fully saturated rings. The van der Waals surface area contributed by atoms with Gasteiger partial charge in [0.25, 0.3) is 0 Å². The van der Waals surface area contributed by atoms with Crippen LogP contribution in [0.5, 0.6) is 5.75 Å². The lowest BCUT2D eigenvalue weighted by molar-refractivity contribution is -0.124. The number of ether oxygens (including phenoxy) is 1. The number of piperidine rings is 1. The molecule has 1 aromatic carbocycles. The zero-order chi connectivity index (χ0) is 21.5. The van der Waals surface area contributed by atoms with Gasteiger partial charge in [0.1, 0.15) is 11.6 Å². The van der Waals surface area contributed by atoms with E-state index in [4.69, 9.17) is 9.72 Å². The van der Waals surface area contributed by atoms with Gasteiger partial charge in [0.05, 0.1) is 18.3 Å². The first-order valence-corrected chi connectivity index (χ1v) is 10.7. The number of nitrogens with zero attached hydrogens (tertiary/aromatic N) is 4. The highest BCUT2D eigenvalue weighted by molar-refractivity contribution is 5.95. The maximum absolute atomic E-state index is 11.9. The van der Waals surface area contributed by atoms with Gasteiger partial charge in [0.15, 0.2) is 0 Å². The Morgan fingerprint density at radius 1 is 1.13 bits per heavy atom. The van der Waals surface area contributed by atoms with Crippen LogP contribution in [-0.2, 0) is 4.79 Å². The Hall–Kier alpha value is -3.35. The first-order chi connectivity index (χ1) is 15.0. The topological polar surface area (TPSA) is 70.6 Å². The number of benzene rings is 1. The number of anilines is 2. The maximum atomic E-state index is 11.9. The molecule has 2 unspecified atom stereocenters. The number of carbonyl (C=O) groups is 1. The van der Waals surface area contributed by atoms with Crippen molar-refractivity contribution in [2.75, 3.05) is 50.6 Å². The molecular weight excluding hydrogens is 390 g/mol. The summed E-state index contributed by atoms with van der Waals surface area (Å²) >= 11 is 0. The zero-order valence-electron chi connectivity index (χ0n) is 18.1. The summed E-state index contributed by atoms with van der Waals surface area (Å²) in [6.07, 6.45) is 2.49. The quantitative estimate of drug-likeness (QED) is 0.704. The second-order valence-electron chi connectivity index (χ2n) is 8.64. The molecule has 31 heavy (non-hydrogen) atoms. The number of pyridine rings is 2. The SMILES string of the molecule is COc1ccc2c(N3CC4CNC(=O)CC4C3)cc(-c3ccc(N(C)C)nc3)nc2c1. The van der Waals surface area contributed by atoms with Crippen LogP contribution in [0.4, 0.5) is 11.5 Å². The van der Waals surface area contributed by atoms with Gasteiger partial charge in [-0.3, -0.25) is 4.79 Å². The standard InChI is InChI=1S/C24H27N5O2/c1-28(2)23-7-4-15(11-25-23)20-10-22(19-6-5-18(31-3)9-21(19)27-20)29-13-16-8-24(30)26-12-17(16)14-29/h4-7,9-11,16-17H,8,12-14H2,1-3H3,(H,26,30). The molecule has 4 heterocycles. The van der Waals surface area contributed by atoms with Crippen LogP contribution in [-0.4, -0.2) is 56.7 Å². The lowest BCUT2D eigenvalue weighted by atomic mass is 9.89. The summed E-state index contributed by atoms with van der Waals surface area (Å²) in [5.74, 6) is 2.75. The van der Waals surface area contributed by atoms with Crippen molar-refractivity contribution in [3.8, 4) is 17.0 Å². The number of hydrogen-bond acceptors (Lipinski definition) is 6. The van der Waals surface area contributed by atoms with Crippen molar-refractivity contribution in [1.29, 1.82) is 0 Å². The molecule has 2 aliphatic heterocycles. The molecule has 2 saturated heterocycles. The molecule has 160 valence electrons. The van der Waals surface area contributed by atoms with Crippen molar-refractivity contribution < 1.29 is 9.53 Å². The average Bonchev–Trinajstić information content (AvgIpc) is 3.21.